The van der Waals surface area contributed by atoms with E-state index in [1.165, 1.54) is 5.56 Å². The van der Waals surface area contributed by atoms with Gasteiger partial charge in [0.2, 0.25) is 5.88 Å². The van der Waals surface area contributed by atoms with Gasteiger partial charge in [-0.05, 0) is 30.5 Å². The van der Waals surface area contributed by atoms with Crippen LogP contribution >= 0.6 is 0 Å². The van der Waals surface area contributed by atoms with Crippen molar-refractivity contribution in [2.75, 3.05) is 20.2 Å². The summed E-state index contributed by atoms with van der Waals surface area (Å²) in [6, 6.07) is 12.1. The summed E-state index contributed by atoms with van der Waals surface area (Å²) >= 11 is 0. The molecule has 6 nitrogen and oxygen atoms in total. The monoisotopic (exact) mass is 338 g/mol. The van der Waals surface area contributed by atoms with Gasteiger partial charge in [-0.3, -0.25) is 4.90 Å². The van der Waals surface area contributed by atoms with Crippen LogP contribution in [0.15, 0.2) is 48.8 Å². The van der Waals surface area contributed by atoms with Gasteiger partial charge in [-0.1, -0.05) is 12.1 Å². The molecule has 1 aromatic carbocycles. The molecule has 0 radical (unpaired) electrons. The Balaban J connectivity index is 1.30. The predicted octanol–water partition coefficient (Wildman–Crippen LogP) is 2.78. The number of fused-ring (bicyclic) bond motifs is 1. The maximum Gasteiger partial charge on any atom is 0.217 e. The number of hydrogen-bond donors (Lipinski definition) is 0. The van der Waals surface area contributed by atoms with E-state index in [9.17, 15) is 0 Å². The Morgan fingerprint density at radius 2 is 1.88 bits per heavy atom. The van der Waals surface area contributed by atoms with Crippen LogP contribution in [0.4, 0.5) is 0 Å². The van der Waals surface area contributed by atoms with Crippen LogP contribution in [0.1, 0.15) is 18.4 Å². The number of nitrogens with zero attached hydrogens (tertiary/aromatic N) is 4. The summed E-state index contributed by atoms with van der Waals surface area (Å²) in [5.41, 5.74) is 2.13. The molecule has 1 aliphatic rings. The van der Waals surface area contributed by atoms with Crippen LogP contribution < -0.4 is 9.47 Å². The third-order valence-electron chi connectivity index (χ3n) is 4.62. The molecule has 1 saturated heterocycles. The lowest BCUT2D eigenvalue weighted by Gasteiger charge is -2.31. The van der Waals surface area contributed by atoms with Crippen LogP contribution in [0.3, 0.4) is 0 Å². The van der Waals surface area contributed by atoms with Crippen molar-refractivity contribution >= 4 is 5.65 Å². The number of aromatic nitrogens is 3. The Kier molecular flexibility index (Phi) is 4.52. The molecule has 2 aromatic heterocycles. The smallest absolute Gasteiger partial charge is 0.217 e. The number of hydrogen-bond acceptors (Lipinski definition) is 5. The van der Waals surface area contributed by atoms with Gasteiger partial charge in [0.05, 0.1) is 13.3 Å². The highest BCUT2D eigenvalue weighted by atomic mass is 16.5. The van der Waals surface area contributed by atoms with E-state index in [1.807, 2.05) is 30.5 Å². The average molecular weight is 338 g/mol. The summed E-state index contributed by atoms with van der Waals surface area (Å²) in [6.45, 7) is 3.04. The Hall–Kier alpha value is -2.60. The van der Waals surface area contributed by atoms with E-state index < -0.39 is 0 Å². The molecule has 0 atom stereocenters. The Morgan fingerprint density at radius 1 is 1.08 bits per heavy atom. The first-order valence-electron chi connectivity index (χ1n) is 8.62. The zero-order valence-corrected chi connectivity index (χ0v) is 14.3. The van der Waals surface area contributed by atoms with Gasteiger partial charge in [-0.25, -0.2) is 4.52 Å². The number of ether oxygens (including phenoxy) is 2. The van der Waals surface area contributed by atoms with Crippen molar-refractivity contribution in [2.24, 2.45) is 0 Å². The van der Waals surface area contributed by atoms with Crippen LogP contribution in [-0.2, 0) is 6.54 Å². The molecule has 3 heterocycles. The van der Waals surface area contributed by atoms with Crippen LogP contribution in [0.5, 0.6) is 11.6 Å². The molecule has 3 aromatic rings. The molecule has 0 bridgehead atoms. The zero-order valence-electron chi connectivity index (χ0n) is 14.3. The molecule has 0 spiro atoms. The normalized spacial score (nSPS) is 16.2. The molecule has 25 heavy (non-hydrogen) atoms. The minimum absolute atomic E-state index is 0.227. The number of piperidine rings is 1. The summed E-state index contributed by atoms with van der Waals surface area (Å²) < 4.78 is 13.0. The Morgan fingerprint density at radius 3 is 2.64 bits per heavy atom. The average Bonchev–Trinajstić information content (AvgIpc) is 3.12. The fourth-order valence-corrected chi connectivity index (χ4v) is 3.21. The molecular formula is C19H22N4O2. The summed E-state index contributed by atoms with van der Waals surface area (Å²) in [5.74, 6) is 1.58. The molecule has 0 unspecified atom stereocenters. The molecular weight excluding hydrogens is 316 g/mol. The highest BCUT2D eigenvalue weighted by Gasteiger charge is 2.21. The van der Waals surface area contributed by atoms with Crippen molar-refractivity contribution in [1.82, 2.24) is 19.5 Å². The van der Waals surface area contributed by atoms with E-state index in [4.69, 9.17) is 9.47 Å². The fourth-order valence-electron chi connectivity index (χ4n) is 3.21. The second-order valence-electron chi connectivity index (χ2n) is 6.34. The van der Waals surface area contributed by atoms with Crippen molar-refractivity contribution in [3.63, 3.8) is 0 Å². The van der Waals surface area contributed by atoms with Gasteiger partial charge in [0.15, 0.2) is 5.65 Å². The number of methoxy groups -OCH3 is 1. The lowest BCUT2D eigenvalue weighted by molar-refractivity contribution is 0.0933. The van der Waals surface area contributed by atoms with Crippen LogP contribution in [0, 0.1) is 0 Å². The van der Waals surface area contributed by atoms with Crippen molar-refractivity contribution in [2.45, 2.75) is 25.5 Å². The summed E-state index contributed by atoms with van der Waals surface area (Å²) in [5, 5.41) is 4.15. The summed E-state index contributed by atoms with van der Waals surface area (Å²) in [4.78, 5) is 6.95. The topological polar surface area (TPSA) is 51.9 Å². The van der Waals surface area contributed by atoms with E-state index in [1.54, 1.807) is 17.8 Å². The third-order valence-corrected chi connectivity index (χ3v) is 4.62. The first kappa shape index (κ1) is 15.9. The molecule has 1 aliphatic heterocycles. The molecule has 6 heteroatoms. The van der Waals surface area contributed by atoms with E-state index >= 15 is 0 Å². The predicted molar refractivity (Wildman–Crippen MR) is 94.9 cm³/mol. The second kappa shape index (κ2) is 7.11. The van der Waals surface area contributed by atoms with E-state index in [0.29, 0.717) is 5.88 Å². The van der Waals surface area contributed by atoms with Crippen molar-refractivity contribution < 1.29 is 9.47 Å². The molecule has 0 saturated carbocycles. The zero-order chi connectivity index (χ0) is 17.1. The van der Waals surface area contributed by atoms with Crippen LogP contribution in [-0.4, -0.2) is 45.8 Å². The van der Waals surface area contributed by atoms with Gasteiger partial charge in [0.1, 0.15) is 11.9 Å². The van der Waals surface area contributed by atoms with Gasteiger partial charge in [-0.2, -0.15) is 10.1 Å². The SMILES string of the molecule is COc1ccc(CN2CCC(Oc3ccn4nccc4n3)CC2)cc1. The minimum Gasteiger partial charge on any atom is -0.497 e. The molecule has 0 amide bonds. The molecule has 1 fully saturated rings. The number of benzene rings is 1. The van der Waals surface area contributed by atoms with Crippen molar-refractivity contribution in [1.29, 1.82) is 0 Å². The standard InChI is InChI=1S/C19H22N4O2/c1-24-16-4-2-15(3-5-16)14-22-11-7-17(8-12-22)25-19-9-13-23-18(21-19)6-10-20-23/h2-6,9-10,13,17H,7-8,11-12,14H2,1H3. The third kappa shape index (κ3) is 3.74. The lowest BCUT2D eigenvalue weighted by atomic mass is 10.1. The highest BCUT2D eigenvalue weighted by Crippen LogP contribution is 2.20. The Labute approximate surface area is 147 Å². The fraction of sp³-hybridized carbons (Fsp3) is 0.368. The van der Waals surface area contributed by atoms with Crippen molar-refractivity contribution in [3.05, 3.63) is 54.4 Å². The first-order valence-corrected chi connectivity index (χ1v) is 8.62. The molecule has 130 valence electrons. The van der Waals surface area contributed by atoms with Crippen molar-refractivity contribution in [3.8, 4) is 11.6 Å². The van der Waals surface area contributed by atoms with Gasteiger partial charge < -0.3 is 9.47 Å². The Bertz CT molecular complexity index is 823. The van der Waals surface area contributed by atoms with Gasteiger partial charge in [0, 0.05) is 38.0 Å². The maximum atomic E-state index is 6.07. The summed E-state index contributed by atoms with van der Waals surface area (Å²) in [7, 11) is 1.69. The molecule has 0 N–H and O–H groups in total. The quantitative estimate of drug-likeness (QED) is 0.716. The van der Waals surface area contributed by atoms with E-state index in [-0.39, 0.29) is 6.10 Å². The van der Waals surface area contributed by atoms with Gasteiger partial charge in [0.25, 0.3) is 0 Å². The summed E-state index contributed by atoms with van der Waals surface area (Å²) in [6.07, 6.45) is 5.88. The van der Waals surface area contributed by atoms with Gasteiger partial charge in [-0.15, -0.1) is 0 Å². The number of likely N-dealkylation sites (tertiary alicyclic amines) is 1. The van der Waals surface area contributed by atoms with Gasteiger partial charge >= 0.3 is 0 Å². The van der Waals surface area contributed by atoms with Crippen LogP contribution in [0.25, 0.3) is 5.65 Å². The minimum atomic E-state index is 0.227. The highest BCUT2D eigenvalue weighted by molar-refractivity contribution is 5.37. The molecule has 4 rings (SSSR count). The van der Waals surface area contributed by atoms with E-state index in [2.05, 4.69) is 27.1 Å². The number of rotatable bonds is 5. The second-order valence-corrected chi connectivity index (χ2v) is 6.34. The largest absolute Gasteiger partial charge is 0.497 e. The van der Waals surface area contributed by atoms with Crippen LogP contribution in [0.2, 0.25) is 0 Å². The first-order chi connectivity index (χ1) is 12.3. The molecule has 0 aliphatic carbocycles. The lowest BCUT2D eigenvalue weighted by Crippen LogP contribution is -2.37. The van der Waals surface area contributed by atoms with E-state index in [0.717, 1.165) is 43.9 Å². The maximum absolute atomic E-state index is 6.07.